The van der Waals surface area contributed by atoms with Gasteiger partial charge in [0, 0.05) is 0 Å². The van der Waals surface area contributed by atoms with Gasteiger partial charge in [0.1, 0.15) is 5.76 Å². The van der Waals surface area contributed by atoms with E-state index in [1.165, 1.54) is 0 Å². The first-order valence-electron chi connectivity index (χ1n) is 7.02. The number of sulfone groups is 1. The van der Waals surface area contributed by atoms with Crippen LogP contribution in [0.15, 0.2) is 22.8 Å². The van der Waals surface area contributed by atoms with Crippen molar-refractivity contribution in [2.45, 2.75) is 39.0 Å². The van der Waals surface area contributed by atoms with E-state index < -0.39 is 15.9 Å². The molecule has 0 radical (unpaired) electrons. The molecule has 1 N–H and O–H groups in total. The first kappa shape index (κ1) is 15.5. The monoisotopic (exact) mass is 301 g/mol. The number of aliphatic hydroxyl groups is 1. The quantitative estimate of drug-likeness (QED) is 0.857. The summed E-state index contributed by atoms with van der Waals surface area (Å²) in [4.78, 5) is 2.04. The van der Waals surface area contributed by atoms with Gasteiger partial charge in [0.25, 0.3) is 0 Å². The predicted molar refractivity (Wildman–Crippen MR) is 77.0 cm³/mol. The van der Waals surface area contributed by atoms with E-state index in [1.807, 2.05) is 17.0 Å². The molecular weight excluding hydrogens is 278 g/mol. The lowest BCUT2D eigenvalue weighted by Crippen LogP contribution is -2.43. The van der Waals surface area contributed by atoms with Crippen LogP contribution in [0.25, 0.3) is 0 Å². The molecule has 1 fully saturated rings. The van der Waals surface area contributed by atoms with Gasteiger partial charge in [-0.05, 0) is 31.0 Å². The Morgan fingerprint density at radius 3 is 2.70 bits per heavy atom. The molecule has 0 amide bonds. The summed E-state index contributed by atoms with van der Waals surface area (Å²) < 4.78 is 28.7. The van der Waals surface area contributed by atoms with Crippen LogP contribution in [0.1, 0.15) is 26.0 Å². The SMILES string of the molecule is CC(C)CCN(Cc1ccco1)C1CS(=O)(=O)CC1O. The van der Waals surface area contributed by atoms with E-state index in [-0.39, 0.29) is 17.5 Å². The molecule has 20 heavy (non-hydrogen) atoms. The van der Waals surface area contributed by atoms with Gasteiger partial charge in [-0.2, -0.15) is 0 Å². The largest absolute Gasteiger partial charge is 0.468 e. The highest BCUT2D eigenvalue weighted by Crippen LogP contribution is 2.22. The van der Waals surface area contributed by atoms with Gasteiger partial charge in [0.2, 0.25) is 0 Å². The molecule has 5 nitrogen and oxygen atoms in total. The zero-order valence-electron chi connectivity index (χ0n) is 12.0. The van der Waals surface area contributed by atoms with Gasteiger partial charge < -0.3 is 9.52 Å². The van der Waals surface area contributed by atoms with Gasteiger partial charge in [-0.1, -0.05) is 13.8 Å². The topological polar surface area (TPSA) is 70.8 Å². The number of aliphatic hydroxyl groups excluding tert-OH is 1. The fraction of sp³-hybridized carbons (Fsp3) is 0.714. The highest BCUT2D eigenvalue weighted by Gasteiger charge is 2.40. The zero-order valence-corrected chi connectivity index (χ0v) is 12.8. The van der Waals surface area contributed by atoms with Crippen LogP contribution in [0, 0.1) is 5.92 Å². The number of nitrogens with zero attached hydrogens (tertiary/aromatic N) is 1. The van der Waals surface area contributed by atoms with Crippen molar-refractivity contribution in [2.75, 3.05) is 18.1 Å². The summed E-state index contributed by atoms with van der Waals surface area (Å²) in [5.41, 5.74) is 0. The van der Waals surface area contributed by atoms with Gasteiger partial charge in [0.15, 0.2) is 9.84 Å². The molecule has 1 aromatic heterocycles. The highest BCUT2D eigenvalue weighted by atomic mass is 32.2. The molecule has 2 rings (SSSR count). The van der Waals surface area contributed by atoms with Crippen LogP contribution in [0.2, 0.25) is 0 Å². The maximum Gasteiger partial charge on any atom is 0.154 e. The average molecular weight is 301 g/mol. The molecule has 0 spiro atoms. The highest BCUT2D eigenvalue weighted by molar-refractivity contribution is 7.91. The van der Waals surface area contributed by atoms with Crippen molar-refractivity contribution >= 4 is 9.84 Å². The summed E-state index contributed by atoms with van der Waals surface area (Å²) in [5.74, 6) is 1.23. The minimum Gasteiger partial charge on any atom is -0.468 e. The standard InChI is InChI=1S/C14H23NO4S/c1-11(2)5-6-15(8-12-4-3-7-19-12)13-9-20(17,18)10-14(13)16/h3-4,7,11,13-14,16H,5-6,8-10H2,1-2H3. The fourth-order valence-electron chi connectivity index (χ4n) is 2.55. The van der Waals surface area contributed by atoms with Gasteiger partial charge in [0.05, 0.1) is 36.5 Å². The molecule has 114 valence electrons. The summed E-state index contributed by atoms with van der Waals surface area (Å²) in [6.07, 6.45) is 1.77. The van der Waals surface area contributed by atoms with Crippen molar-refractivity contribution in [1.29, 1.82) is 0 Å². The number of furan rings is 1. The lowest BCUT2D eigenvalue weighted by Gasteiger charge is -2.29. The Bertz CT molecular complexity index is 509. The van der Waals surface area contributed by atoms with E-state index in [9.17, 15) is 13.5 Å². The minimum absolute atomic E-state index is 0.0347. The predicted octanol–water partition coefficient (Wildman–Crippen LogP) is 1.29. The third-order valence-corrected chi connectivity index (χ3v) is 5.39. The molecule has 2 heterocycles. The summed E-state index contributed by atoms with van der Waals surface area (Å²) in [7, 11) is -3.13. The molecule has 1 aliphatic rings. The fourth-order valence-corrected chi connectivity index (χ4v) is 4.38. The molecule has 1 aliphatic heterocycles. The summed E-state index contributed by atoms with van der Waals surface area (Å²) in [6.45, 7) is 5.56. The van der Waals surface area contributed by atoms with E-state index in [2.05, 4.69) is 13.8 Å². The lowest BCUT2D eigenvalue weighted by atomic mass is 10.1. The molecule has 1 saturated heterocycles. The van der Waals surface area contributed by atoms with Crippen LogP contribution in [-0.4, -0.2) is 48.6 Å². The first-order valence-corrected chi connectivity index (χ1v) is 8.84. The summed E-state index contributed by atoms with van der Waals surface area (Å²) in [5, 5.41) is 10.0. The maximum absolute atomic E-state index is 11.7. The van der Waals surface area contributed by atoms with E-state index >= 15 is 0 Å². The summed E-state index contributed by atoms with van der Waals surface area (Å²) >= 11 is 0. The molecule has 1 aromatic rings. The van der Waals surface area contributed by atoms with Crippen LogP contribution in [0.5, 0.6) is 0 Å². The Labute approximate surface area is 120 Å². The van der Waals surface area contributed by atoms with E-state index in [1.54, 1.807) is 6.26 Å². The Kier molecular flexibility index (Phi) is 4.88. The second kappa shape index (κ2) is 6.28. The minimum atomic E-state index is -3.13. The molecular formula is C14H23NO4S. The lowest BCUT2D eigenvalue weighted by molar-refractivity contribution is 0.0705. The van der Waals surface area contributed by atoms with Crippen LogP contribution >= 0.6 is 0 Å². The maximum atomic E-state index is 11.7. The van der Waals surface area contributed by atoms with Crippen molar-refractivity contribution < 1.29 is 17.9 Å². The third kappa shape index (κ3) is 4.07. The third-order valence-electron chi connectivity index (χ3n) is 3.70. The van der Waals surface area contributed by atoms with Crippen molar-refractivity contribution in [1.82, 2.24) is 4.90 Å². The number of hydrogen-bond acceptors (Lipinski definition) is 5. The Morgan fingerprint density at radius 2 is 2.20 bits per heavy atom. The molecule has 0 aliphatic carbocycles. The molecule has 2 unspecified atom stereocenters. The van der Waals surface area contributed by atoms with Crippen LogP contribution < -0.4 is 0 Å². The first-order chi connectivity index (χ1) is 9.37. The Balaban J connectivity index is 2.09. The van der Waals surface area contributed by atoms with Gasteiger partial charge >= 0.3 is 0 Å². The normalized spacial score (nSPS) is 25.6. The summed E-state index contributed by atoms with van der Waals surface area (Å²) in [6, 6.07) is 3.36. The molecule has 2 atom stereocenters. The number of hydrogen-bond donors (Lipinski definition) is 1. The van der Waals surface area contributed by atoms with Crippen LogP contribution in [0.3, 0.4) is 0 Å². The van der Waals surface area contributed by atoms with E-state index in [4.69, 9.17) is 4.42 Å². The smallest absolute Gasteiger partial charge is 0.154 e. The second-order valence-electron chi connectivity index (χ2n) is 5.94. The van der Waals surface area contributed by atoms with Crippen molar-refractivity contribution in [3.63, 3.8) is 0 Å². The second-order valence-corrected chi connectivity index (χ2v) is 8.10. The van der Waals surface area contributed by atoms with Crippen LogP contribution in [-0.2, 0) is 16.4 Å². The van der Waals surface area contributed by atoms with Crippen LogP contribution in [0.4, 0.5) is 0 Å². The van der Waals surface area contributed by atoms with E-state index in [0.717, 1.165) is 18.7 Å². The molecule has 0 bridgehead atoms. The molecule has 0 saturated carbocycles. The average Bonchev–Trinajstić information content (AvgIpc) is 2.92. The Morgan fingerprint density at radius 1 is 1.45 bits per heavy atom. The van der Waals surface area contributed by atoms with Crippen molar-refractivity contribution in [2.24, 2.45) is 5.92 Å². The van der Waals surface area contributed by atoms with Gasteiger partial charge in [-0.3, -0.25) is 4.90 Å². The molecule has 6 heteroatoms. The number of rotatable bonds is 6. The molecule has 0 aromatic carbocycles. The van der Waals surface area contributed by atoms with Gasteiger partial charge in [-0.25, -0.2) is 8.42 Å². The Hall–Kier alpha value is -0.850. The zero-order chi connectivity index (χ0) is 14.8. The van der Waals surface area contributed by atoms with Gasteiger partial charge in [-0.15, -0.1) is 0 Å². The van der Waals surface area contributed by atoms with E-state index in [0.29, 0.717) is 12.5 Å². The van der Waals surface area contributed by atoms with Crippen molar-refractivity contribution in [3.8, 4) is 0 Å². The van der Waals surface area contributed by atoms with Crippen molar-refractivity contribution in [3.05, 3.63) is 24.2 Å².